The Bertz CT molecular complexity index is 774. The van der Waals surface area contributed by atoms with Gasteiger partial charge in [0, 0.05) is 32.7 Å². The van der Waals surface area contributed by atoms with Crippen LogP contribution >= 0.6 is 0 Å². The minimum Gasteiger partial charge on any atom is -0.355 e. The molecule has 0 bridgehead atoms. The van der Waals surface area contributed by atoms with Crippen LogP contribution in [0.2, 0.25) is 0 Å². The fraction of sp³-hybridized carbons (Fsp3) is 0.611. The van der Waals surface area contributed by atoms with Crippen molar-refractivity contribution in [2.75, 3.05) is 39.3 Å². The molecule has 1 amide bonds. The average molecular weight is 421 g/mol. The number of carbonyl (C=O) groups excluding carboxylic acids is 1. The maximum Gasteiger partial charge on any atom is 0.416 e. The number of hydrogen-bond donors (Lipinski definition) is 1. The van der Waals surface area contributed by atoms with Crippen molar-refractivity contribution in [2.45, 2.75) is 31.3 Å². The lowest BCUT2D eigenvalue weighted by Gasteiger charge is -2.33. The Morgan fingerprint density at radius 1 is 1.18 bits per heavy atom. The van der Waals surface area contributed by atoms with Crippen LogP contribution in [0.4, 0.5) is 13.2 Å². The summed E-state index contributed by atoms with van der Waals surface area (Å²) in [6, 6.07) is 3.76. The zero-order chi connectivity index (χ0) is 20.9. The van der Waals surface area contributed by atoms with E-state index >= 15 is 0 Å². The number of halogens is 3. The van der Waals surface area contributed by atoms with Crippen LogP contribution < -0.4 is 5.32 Å². The zero-order valence-corrected chi connectivity index (χ0v) is 16.8. The molecule has 10 heteroatoms. The van der Waals surface area contributed by atoms with Crippen LogP contribution in [0.15, 0.2) is 29.2 Å². The summed E-state index contributed by atoms with van der Waals surface area (Å²) in [7, 11) is -4.01. The van der Waals surface area contributed by atoms with E-state index in [-0.39, 0.29) is 30.4 Å². The van der Waals surface area contributed by atoms with Crippen molar-refractivity contribution in [1.29, 1.82) is 0 Å². The molecule has 2 rings (SSSR count). The van der Waals surface area contributed by atoms with Crippen molar-refractivity contribution in [3.8, 4) is 0 Å². The maximum absolute atomic E-state index is 12.9. The van der Waals surface area contributed by atoms with Gasteiger partial charge >= 0.3 is 6.18 Å². The number of amides is 1. The van der Waals surface area contributed by atoms with E-state index in [1.165, 1.54) is 6.07 Å². The molecular formula is C18H26F3N3O3S. The van der Waals surface area contributed by atoms with Gasteiger partial charge in [-0.3, -0.25) is 9.69 Å². The van der Waals surface area contributed by atoms with E-state index in [0.29, 0.717) is 31.6 Å². The first-order valence-corrected chi connectivity index (χ1v) is 10.6. The first-order chi connectivity index (χ1) is 13.0. The highest BCUT2D eigenvalue weighted by atomic mass is 32.2. The lowest BCUT2D eigenvalue weighted by Crippen LogP contribution is -2.51. The summed E-state index contributed by atoms with van der Waals surface area (Å²) in [6.07, 6.45) is -3.72. The predicted molar refractivity (Wildman–Crippen MR) is 99.1 cm³/mol. The quantitative estimate of drug-likeness (QED) is 0.733. The Hall–Kier alpha value is -1.65. The minimum absolute atomic E-state index is 0.116. The van der Waals surface area contributed by atoms with Gasteiger partial charge in [-0.05, 0) is 30.5 Å². The van der Waals surface area contributed by atoms with Gasteiger partial charge in [-0.2, -0.15) is 17.5 Å². The molecule has 1 saturated heterocycles. The number of rotatable bonds is 7. The van der Waals surface area contributed by atoms with Gasteiger partial charge in [-0.1, -0.05) is 19.9 Å². The Labute approximate surface area is 163 Å². The summed E-state index contributed by atoms with van der Waals surface area (Å²) in [5.41, 5.74) is -0.995. The van der Waals surface area contributed by atoms with Gasteiger partial charge in [0.2, 0.25) is 15.9 Å². The smallest absolute Gasteiger partial charge is 0.355 e. The predicted octanol–water partition coefficient (Wildman–Crippen LogP) is 2.17. The summed E-state index contributed by atoms with van der Waals surface area (Å²) in [6.45, 7) is 5.84. The van der Waals surface area contributed by atoms with E-state index in [2.05, 4.69) is 19.2 Å². The molecule has 158 valence electrons. The monoisotopic (exact) mass is 421 g/mol. The van der Waals surface area contributed by atoms with Gasteiger partial charge in [-0.15, -0.1) is 0 Å². The largest absolute Gasteiger partial charge is 0.416 e. The third-order valence-electron chi connectivity index (χ3n) is 4.54. The number of nitrogens with zero attached hydrogens (tertiary/aromatic N) is 2. The maximum atomic E-state index is 12.9. The second-order valence-electron chi connectivity index (χ2n) is 7.24. The molecule has 1 aliphatic heterocycles. The molecule has 1 N–H and O–H groups in total. The van der Waals surface area contributed by atoms with Gasteiger partial charge in [-0.25, -0.2) is 8.42 Å². The molecule has 0 radical (unpaired) electrons. The van der Waals surface area contributed by atoms with Gasteiger partial charge in [0.15, 0.2) is 0 Å². The minimum atomic E-state index is -4.60. The number of piperazine rings is 1. The lowest BCUT2D eigenvalue weighted by atomic mass is 10.1. The van der Waals surface area contributed by atoms with Gasteiger partial charge in [0.05, 0.1) is 17.0 Å². The van der Waals surface area contributed by atoms with Crippen LogP contribution in [0.3, 0.4) is 0 Å². The second-order valence-corrected chi connectivity index (χ2v) is 9.18. The molecule has 0 atom stereocenters. The third kappa shape index (κ3) is 6.18. The van der Waals surface area contributed by atoms with E-state index in [9.17, 15) is 26.4 Å². The molecule has 0 unspecified atom stereocenters. The Morgan fingerprint density at radius 3 is 2.39 bits per heavy atom. The van der Waals surface area contributed by atoms with Crippen LogP contribution in [0.1, 0.15) is 25.8 Å². The number of carbonyl (C=O) groups is 1. The molecule has 6 nitrogen and oxygen atoms in total. The standard InChI is InChI=1S/C18H26F3N3O3S/c1-14(2)6-7-22-17(25)13-23-8-10-24(11-9-23)28(26,27)16-5-3-4-15(12-16)18(19,20)21/h3-5,12,14H,6-11,13H2,1-2H3,(H,22,25). The summed E-state index contributed by atoms with van der Waals surface area (Å²) in [4.78, 5) is 13.4. The van der Waals surface area contributed by atoms with Crippen LogP contribution in [0.5, 0.6) is 0 Å². The first kappa shape index (κ1) is 22.6. The van der Waals surface area contributed by atoms with E-state index in [0.717, 1.165) is 22.9 Å². The highest BCUT2D eigenvalue weighted by Gasteiger charge is 2.34. The molecule has 1 aromatic rings. The van der Waals surface area contributed by atoms with E-state index in [4.69, 9.17) is 0 Å². The van der Waals surface area contributed by atoms with Crippen molar-refractivity contribution in [3.05, 3.63) is 29.8 Å². The van der Waals surface area contributed by atoms with Crippen LogP contribution in [-0.4, -0.2) is 62.8 Å². The molecule has 0 spiro atoms. The summed E-state index contributed by atoms with van der Waals surface area (Å²) >= 11 is 0. The molecule has 0 aromatic heterocycles. The fourth-order valence-electron chi connectivity index (χ4n) is 2.87. The number of nitrogens with one attached hydrogen (secondary N) is 1. The van der Waals surface area contributed by atoms with Crippen LogP contribution in [0.25, 0.3) is 0 Å². The van der Waals surface area contributed by atoms with E-state index < -0.39 is 21.8 Å². The number of hydrogen-bond acceptors (Lipinski definition) is 4. The first-order valence-electron chi connectivity index (χ1n) is 9.16. The van der Waals surface area contributed by atoms with E-state index in [1.54, 1.807) is 0 Å². The summed E-state index contributed by atoms with van der Waals surface area (Å²) in [5.74, 6) is 0.375. The van der Waals surface area contributed by atoms with Gasteiger partial charge in [0.1, 0.15) is 0 Å². The van der Waals surface area contributed by atoms with Gasteiger partial charge in [0.25, 0.3) is 0 Å². The number of alkyl halides is 3. The van der Waals surface area contributed by atoms with Gasteiger partial charge < -0.3 is 5.32 Å². The molecule has 28 heavy (non-hydrogen) atoms. The summed E-state index contributed by atoms with van der Waals surface area (Å²) < 4.78 is 65.0. The van der Waals surface area contributed by atoms with Crippen molar-refractivity contribution < 1.29 is 26.4 Å². The fourth-order valence-corrected chi connectivity index (χ4v) is 4.34. The highest BCUT2D eigenvalue weighted by Crippen LogP contribution is 2.31. The molecule has 1 aromatic carbocycles. The Kier molecular flexibility index (Phi) is 7.46. The SMILES string of the molecule is CC(C)CCNC(=O)CN1CCN(S(=O)(=O)c2cccc(C(F)(F)F)c2)CC1. The van der Waals surface area contributed by atoms with Crippen molar-refractivity contribution >= 4 is 15.9 Å². The number of sulfonamides is 1. The molecule has 1 aliphatic rings. The topological polar surface area (TPSA) is 69.7 Å². The molecule has 0 aliphatic carbocycles. The molecule has 0 saturated carbocycles. The molecule has 1 heterocycles. The van der Waals surface area contributed by atoms with Crippen molar-refractivity contribution in [2.24, 2.45) is 5.92 Å². The van der Waals surface area contributed by atoms with E-state index in [1.807, 2.05) is 4.90 Å². The van der Waals surface area contributed by atoms with Crippen LogP contribution in [0, 0.1) is 5.92 Å². The van der Waals surface area contributed by atoms with Crippen molar-refractivity contribution in [1.82, 2.24) is 14.5 Å². The third-order valence-corrected chi connectivity index (χ3v) is 6.44. The van der Waals surface area contributed by atoms with Crippen LogP contribution in [-0.2, 0) is 21.0 Å². The summed E-state index contributed by atoms with van der Waals surface area (Å²) in [5, 5.41) is 2.83. The van der Waals surface area contributed by atoms with Crippen molar-refractivity contribution in [3.63, 3.8) is 0 Å². The Morgan fingerprint density at radius 2 is 1.82 bits per heavy atom. The molecule has 1 fully saturated rings. The number of benzene rings is 1. The highest BCUT2D eigenvalue weighted by molar-refractivity contribution is 7.89. The molecular weight excluding hydrogens is 395 g/mol. The second kappa shape index (κ2) is 9.23. The lowest BCUT2D eigenvalue weighted by molar-refractivity contribution is -0.137. The normalized spacial score (nSPS) is 17.1. The average Bonchev–Trinajstić information content (AvgIpc) is 2.61. The Balaban J connectivity index is 1.92. The zero-order valence-electron chi connectivity index (χ0n) is 16.0.